The Balaban J connectivity index is 1.87. The van der Waals surface area contributed by atoms with E-state index in [4.69, 9.17) is 29.0 Å². The molecule has 6 nitrogen and oxygen atoms in total. The molecule has 194 valence electrons. The fourth-order valence-corrected chi connectivity index (χ4v) is 4.66. The molecule has 0 bridgehead atoms. The lowest BCUT2D eigenvalue weighted by atomic mass is 9.82. The molecule has 2 aliphatic rings. The highest BCUT2D eigenvalue weighted by atomic mass is 32.1. The average Bonchev–Trinajstić information content (AvgIpc) is 2.87. The summed E-state index contributed by atoms with van der Waals surface area (Å²) in [7, 11) is 0. The normalized spacial score (nSPS) is 21.6. The van der Waals surface area contributed by atoms with Gasteiger partial charge in [0.05, 0.1) is 11.3 Å². The molecule has 0 radical (unpaired) electrons. The van der Waals surface area contributed by atoms with Gasteiger partial charge < -0.3 is 21.8 Å². The Morgan fingerprint density at radius 2 is 2.16 bits per heavy atom. The van der Waals surface area contributed by atoms with Crippen molar-refractivity contribution in [1.82, 2.24) is 10.6 Å². The van der Waals surface area contributed by atoms with Gasteiger partial charge in [-0.2, -0.15) is 5.26 Å². The van der Waals surface area contributed by atoms with E-state index in [-0.39, 0.29) is 11.6 Å². The minimum atomic E-state index is -0.596. The molecular formula is C29H34FN5OS. The zero-order chi connectivity index (χ0) is 26.8. The quantitative estimate of drug-likeness (QED) is 0.117. The summed E-state index contributed by atoms with van der Waals surface area (Å²) in [5, 5.41) is 23.5. The van der Waals surface area contributed by atoms with E-state index in [1.165, 1.54) is 12.1 Å². The number of nitrogens with two attached hydrogens (primary N) is 1. The average molecular weight is 520 g/mol. The fourth-order valence-electron chi connectivity index (χ4n) is 4.32. The molecule has 3 rings (SSSR count). The maximum Gasteiger partial charge on any atom is 0.207 e. The lowest BCUT2D eigenvalue weighted by Gasteiger charge is -2.33. The number of hydrogen-bond acceptors (Lipinski definition) is 6. The van der Waals surface area contributed by atoms with Crippen LogP contribution in [0.1, 0.15) is 50.2 Å². The highest BCUT2D eigenvalue weighted by Crippen LogP contribution is 2.32. The van der Waals surface area contributed by atoms with E-state index in [0.717, 1.165) is 42.7 Å². The minimum Gasteiger partial charge on any atom is -0.388 e. The Morgan fingerprint density at radius 3 is 2.84 bits per heavy atom. The monoisotopic (exact) mass is 519 g/mol. The van der Waals surface area contributed by atoms with Crippen molar-refractivity contribution in [2.75, 3.05) is 6.54 Å². The molecule has 1 unspecified atom stereocenters. The molecule has 0 heterocycles. The first-order valence-electron chi connectivity index (χ1n) is 12.5. The van der Waals surface area contributed by atoms with Crippen molar-refractivity contribution >= 4 is 30.3 Å². The van der Waals surface area contributed by atoms with Gasteiger partial charge in [0.25, 0.3) is 0 Å². The number of carbonyl (C=O) groups excluding carboxylic acids is 1. The number of benzene rings is 1. The summed E-state index contributed by atoms with van der Waals surface area (Å²) in [6.07, 6.45) is 16.2. The second-order valence-corrected chi connectivity index (χ2v) is 10.0. The maximum absolute atomic E-state index is 14.5. The summed E-state index contributed by atoms with van der Waals surface area (Å²) < 4.78 is 14.5. The second-order valence-electron chi connectivity index (χ2n) is 9.57. The van der Waals surface area contributed by atoms with Gasteiger partial charge in [-0.1, -0.05) is 31.2 Å². The van der Waals surface area contributed by atoms with Crippen LogP contribution in [0.15, 0.2) is 70.8 Å². The van der Waals surface area contributed by atoms with E-state index in [0.29, 0.717) is 47.2 Å². The van der Waals surface area contributed by atoms with Crippen LogP contribution in [0.25, 0.3) is 5.57 Å². The van der Waals surface area contributed by atoms with Gasteiger partial charge in [0.2, 0.25) is 6.41 Å². The molecule has 5 N–H and O–H groups in total. The fraction of sp³-hybridized carbons (Fsp3) is 0.345. The Morgan fingerprint density at radius 1 is 1.38 bits per heavy atom. The van der Waals surface area contributed by atoms with E-state index in [1.807, 2.05) is 36.6 Å². The number of carbonyl (C=O) groups is 1. The van der Waals surface area contributed by atoms with E-state index in [2.05, 4.69) is 17.6 Å². The molecule has 0 saturated heterocycles. The van der Waals surface area contributed by atoms with Crippen molar-refractivity contribution in [2.24, 2.45) is 11.7 Å². The molecule has 37 heavy (non-hydrogen) atoms. The van der Waals surface area contributed by atoms with Gasteiger partial charge in [0.1, 0.15) is 11.9 Å². The lowest BCUT2D eigenvalue weighted by molar-refractivity contribution is -0.109. The predicted molar refractivity (Wildman–Crippen MR) is 150 cm³/mol. The second kappa shape index (κ2) is 13.8. The molecular weight excluding hydrogens is 485 g/mol. The molecule has 1 amide bonds. The molecule has 1 atom stereocenters. The molecule has 0 spiro atoms. The number of nitriles is 1. The number of amides is 1. The minimum absolute atomic E-state index is 0.0226. The Bertz CT molecular complexity index is 1200. The zero-order valence-electron chi connectivity index (χ0n) is 21.0. The molecule has 1 saturated carbocycles. The van der Waals surface area contributed by atoms with Crippen LogP contribution in [-0.4, -0.2) is 30.8 Å². The number of halogens is 1. The third-order valence-corrected chi connectivity index (χ3v) is 7.03. The first-order chi connectivity index (χ1) is 17.8. The van der Waals surface area contributed by atoms with Gasteiger partial charge >= 0.3 is 0 Å². The first-order valence-corrected chi connectivity index (χ1v) is 12.9. The molecule has 8 heteroatoms. The van der Waals surface area contributed by atoms with Crippen molar-refractivity contribution in [3.8, 4) is 6.07 Å². The third-order valence-electron chi connectivity index (χ3n) is 6.53. The van der Waals surface area contributed by atoms with Crippen LogP contribution >= 0.6 is 12.6 Å². The summed E-state index contributed by atoms with van der Waals surface area (Å²) >= 11 is 4.82. The highest BCUT2D eigenvalue weighted by molar-refractivity contribution is 7.85. The van der Waals surface area contributed by atoms with Gasteiger partial charge in [-0.25, -0.2) is 4.39 Å². The Kier molecular flexibility index (Phi) is 10.5. The molecule has 1 fully saturated rings. The number of allylic oxidation sites excluding steroid dienone is 7. The van der Waals surface area contributed by atoms with E-state index >= 15 is 0 Å². The standard InChI is InChI=1S/C29H34FN5OS/c1-19-12-25(13-19)35-17-23-14-21(9-10-28(23)33)29(37)26(20-7-8-22(16-31)27(30)15-20)6-2-4-24(32)5-3-11-34-18-36/h2,6-10,14-15,17-19,24-25,33,35,37H,3-5,11-13,32H2,1H3,(H,34,36)/b6-2+,23-17-,29-26+,33-28?. The van der Waals surface area contributed by atoms with Crippen LogP contribution in [0.2, 0.25) is 0 Å². The largest absolute Gasteiger partial charge is 0.388 e. The maximum atomic E-state index is 14.5. The number of hydrogen-bond donors (Lipinski definition) is 5. The SMILES string of the molecule is CC1CC(N/C=C2C=C(/C(S)=C(/C=C/CC(N)CCCNC=O)c3ccc(C#N)c(F)c3)C=CC/2=N)C1. The third kappa shape index (κ3) is 8.04. The summed E-state index contributed by atoms with van der Waals surface area (Å²) in [6, 6.07) is 6.70. The number of nitrogens with zero attached hydrogens (tertiary/aromatic N) is 1. The molecule has 2 aliphatic carbocycles. The molecule has 1 aromatic rings. The van der Waals surface area contributed by atoms with E-state index < -0.39 is 5.82 Å². The number of thiol groups is 1. The lowest BCUT2D eigenvalue weighted by Crippen LogP contribution is -2.37. The summed E-state index contributed by atoms with van der Waals surface area (Å²) in [4.78, 5) is 11.0. The van der Waals surface area contributed by atoms with Crippen molar-refractivity contribution in [2.45, 2.75) is 51.1 Å². The van der Waals surface area contributed by atoms with Crippen LogP contribution in [0, 0.1) is 28.5 Å². The summed E-state index contributed by atoms with van der Waals surface area (Å²) in [6.45, 7) is 2.81. The summed E-state index contributed by atoms with van der Waals surface area (Å²) in [5.41, 5.74) is 9.42. The Labute approximate surface area is 223 Å². The van der Waals surface area contributed by atoms with E-state index in [1.54, 1.807) is 12.1 Å². The van der Waals surface area contributed by atoms with E-state index in [9.17, 15) is 9.18 Å². The topological polar surface area (TPSA) is 115 Å². The van der Waals surface area contributed by atoms with Crippen LogP contribution in [0.5, 0.6) is 0 Å². The van der Waals surface area contributed by atoms with Crippen LogP contribution in [0.4, 0.5) is 4.39 Å². The molecule has 1 aromatic carbocycles. The van der Waals surface area contributed by atoms with Crippen LogP contribution in [-0.2, 0) is 4.79 Å². The highest BCUT2D eigenvalue weighted by Gasteiger charge is 2.24. The predicted octanol–water partition coefficient (Wildman–Crippen LogP) is 4.93. The van der Waals surface area contributed by atoms with Gasteiger partial charge in [-0.15, -0.1) is 12.6 Å². The smallest absolute Gasteiger partial charge is 0.207 e. The molecule has 0 aromatic heterocycles. The number of nitrogens with one attached hydrogen (secondary N) is 3. The van der Waals surface area contributed by atoms with Gasteiger partial charge in [0, 0.05) is 35.3 Å². The molecule has 0 aliphatic heterocycles. The first kappa shape index (κ1) is 28.2. The van der Waals surface area contributed by atoms with Crippen molar-refractivity contribution < 1.29 is 9.18 Å². The summed E-state index contributed by atoms with van der Waals surface area (Å²) in [5.74, 6) is 0.129. The van der Waals surface area contributed by atoms with Gasteiger partial charge in [-0.3, -0.25) is 4.79 Å². The Hall–Kier alpha value is -3.41. The van der Waals surface area contributed by atoms with Crippen molar-refractivity contribution in [3.05, 3.63) is 87.8 Å². The number of rotatable bonds is 12. The van der Waals surface area contributed by atoms with Gasteiger partial charge in [0.15, 0.2) is 0 Å². The van der Waals surface area contributed by atoms with Crippen LogP contribution < -0.4 is 16.4 Å². The van der Waals surface area contributed by atoms with Crippen molar-refractivity contribution in [1.29, 1.82) is 10.7 Å². The van der Waals surface area contributed by atoms with Crippen LogP contribution in [0.3, 0.4) is 0 Å². The van der Waals surface area contributed by atoms with Gasteiger partial charge in [-0.05, 0) is 79.0 Å². The zero-order valence-corrected chi connectivity index (χ0v) is 21.9. The van der Waals surface area contributed by atoms with Crippen molar-refractivity contribution in [3.63, 3.8) is 0 Å².